The molecule has 0 spiro atoms. The lowest BCUT2D eigenvalue weighted by molar-refractivity contribution is -0.385. The Morgan fingerprint density at radius 1 is 1.62 bits per heavy atom. The summed E-state index contributed by atoms with van der Waals surface area (Å²) in [6, 6.07) is 4.94. The molecule has 0 saturated carbocycles. The minimum Gasteiger partial charge on any atom is -0.377 e. The lowest BCUT2D eigenvalue weighted by atomic mass is 10.1. The Labute approximate surface area is 96.8 Å². The standard InChI is InChI=1S/C9H12N4O2S/c1-6-7(5-16-9(10)12-11)3-2-4-8(6)13(14)15/h2-4H,5,11H2,1H3,(H2,10,12). The highest BCUT2D eigenvalue weighted by molar-refractivity contribution is 8.13. The first-order valence-electron chi connectivity index (χ1n) is 4.45. The van der Waals surface area contributed by atoms with Crippen LogP contribution in [0, 0.1) is 17.0 Å². The first-order valence-corrected chi connectivity index (χ1v) is 5.44. The fourth-order valence-electron chi connectivity index (χ4n) is 1.21. The van der Waals surface area contributed by atoms with E-state index in [1.807, 2.05) is 6.07 Å². The molecule has 4 N–H and O–H groups in total. The van der Waals surface area contributed by atoms with E-state index in [0.29, 0.717) is 11.3 Å². The molecule has 0 aliphatic carbocycles. The van der Waals surface area contributed by atoms with Crippen molar-refractivity contribution >= 4 is 22.6 Å². The highest BCUT2D eigenvalue weighted by atomic mass is 32.2. The number of benzene rings is 1. The number of hydrazone groups is 1. The summed E-state index contributed by atoms with van der Waals surface area (Å²) in [7, 11) is 0. The normalized spacial score (nSPS) is 11.4. The molecule has 0 aliphatic heterocycles. The number of amidine groups is 1. The van der Waals surface area contributed by atoms with Gasteiger partial charge in [-0.05, 0) is 12.5 Å². The number of nitro groups is 1. The Hall–Kier alpha value is -1.76. The van der Waals surface area contributed by atoms with Gasteiger partial charge in [0.25, 0.3) is 5.69 Å². The van der Waals surface area contributed by atoms with Crippen LogP contribution in [0.25, 0.3) is 0 Å². The van der Waals surface area contributed by atoms with E-state index in [2.05, 4.69) is 5.10 Å². The molecule has 0 heterocycles. The predicted octanol–water partition coefficient (Wildman–Crippen LogP) is 1.32. The van der Waals surface area contributed by atoms with Crippen LogP contribution in [0.3, 0.4) is 0 Å². The fraction of sp³-hybridized carbons (Fsp3) is 0.222. The van der Waals surface area contributed by atoms with Crippen LogP contribution in [0.5, 0.6) is 0 Å². The highest BCUT2D eigenvalue weighted by Gasteiger charge is 2.13. The first kappa shape index (κ1) is 12.3. The van der Waals surface area contributed by atoms with Crippen LogP contribution >= 0.6 is 11.8 Å². The molecule has 0 aromatic heterocycles. The van der Waals surface area contributed by atoms with Crippen LogP contribution in [-0.4, -0.2) is 10.1 Å². The van der Waals surface area contributed by atoms with Gasteiger partial charge in [-0.3, -0.25) is 10.1 Å². The lowest BCUT2D eigenvalue weighted by Gasteiger charge is -2.05. The number of nitro benzene ring substituents is 1. The highest BCUT2D eigenvalue weighted by Crippen LogP contribution is 2.24. The quantitative estimate of drug-likeness (QED) is 0.272. The second kappa shape index (κ2) is 5.36. The molecular weight excluding hydrogens is 228 g/mol. The molecule has 0 atom stereocenters. The molecule has 0 unspecified atom stereocenters. The third kappa shape index (κ3) is 2.86. The van der Waals surface area contributed by atoms with Crippen molar-refractivity contribution in [2.75, 3.05) is 0 Å². The van der Waals surface area contributed by atoms with Crippen LogP contribution in [0.4, 0.5) is 5.69 Å². The minimum atomic E-state index is -0.399. The van der Waals surface area contributed by atoms with E-state index in [-0.39, 0.29) is 10.9 Å². The summed E-state index contributed by atoms with van der Waals surface area (Å²) in [5.41, 5.74) is 7.03. The topological polar surface area (TPSA) is 108 Å². The molecule has 6 nitrogen and oxygen atoms in total. The summed E-state index contributed by atoms with van der Waals surface area (Å²) >= 11 is 1.24. The van der Waals surface area contributed by atoms with Gasteiger partial charge in [0.15, 0.2) is 5.17 Å². The summed E-state index contributed by atoms with van der Waals surface area (Å²) < 4.78 is 0. The van der Waals surface area contributed by atoms with E-state index in [9.17, 15) is 10.1 Å². The van der Waals surface area contributed by atoms with Gasteiger partial charge in [-0.25, -0.2) is 0 Å². The molecule has 0 aliphatic rings. The Balaban J connectivity index is 2.89. The molecule has 0 bridgehead atoms. The molecular formula is C9H12N4O2S. The van der Waals surface area contributed by atoms with Crippen LogP contribution in [0.15, 0.2) is 23.3 Å². The molecule has 0 fully saturated rings. The molecule has 0 saturated heterocycles. The van der Waals surface area contributed by atoms with Crippen LogP contribution < -0.4 is 11.6 Å². The molecule has 1 aromatic carbocycles. The van der Waals surface area contributed by atoms with Gasteiger partial charge in [0.05, 0.1) is 4.92 Å². The van der Waals surface area contributed by atoms with E-state index in [1.165, 1.54) is 17.8 Å². The SMILES string of the molecule is Cc1c(CSC(N)=NN)cccc1[N+](=O)[O-]. The summed E-state index contributed by atoms with van der Waals surface area (Å²) in [4.78, 5) is 10.3. The number of hydrogen-bond donors (Lipinski definition) is 2. The second-order valence-corrected chi connectivity index (χ2v) is 4.07. The predicted molar refractivity (Wildman–Crippen MR) is 64.9 cm³/mol. The minimum absolute atomic E-state index is 0.112. The van der Waals surface area contributed by atoms with Gasteiger partial charge < -0.3 is 11.6 Å². The van der Waals surface area contributed by atoms with E-state index in [0.717, 1.165) is 5.56 Å². The molecule has 7 heteroatoms. The van der Waals surface area contributed by atoms with Crippen molar-refractivity contribution in [1.29, 1.82) is 0 Å². The monoisotopic (exact) mass is 240 g/mol. The van der Waals surface area contributed by atoms with Gasteiger partial charge in [0, 0.05) is 17.4 Å². The van der Waals surface area contributed by atoms with Gasteiger partial charge in [0.2, 0.25) is 0 Å². The lowest BCUT2D eigenvalue weighted by Crippen LogP contribution is -2.09. The van der Waals surface area contributed by atoms with Crippen molar-refractivity contribution < 1.29 is 4.92 Å². The molecule has 1 aromatic rings. The fourth-order valence-corrected chi connectivity index (χ4v) is 1.90. The zero-order chi connectivity index (χ0) is 12.1. The van der Waals surface area contributed by atoms with Crippen molar-refractivity contribution in [2.24, 2.45) is 16.7 Å². The largest absolute Gasteiger partial charge is 0.377 e. The number of nitrogens with zero attached hydrogens (tertiary/aromatic N) is 2. The van der Waals surface area contributed by atoms with E-state index in [4.69, 9.17) is 11.6 Å². The number of hydrogen-bond acceptors (Lipinski definition) is 5. The molecule has 86 valence electrons. The third-order valence-electron chi connectivity index (χ3n) is 2.12. The van der Waals surface area contributed by atoms with Crippen molar-refractivity contribution in [3.05, 3.63) is 39.4 Å². The Morgan fingerprint density at radius 3 is 2.88 bits per heavy atom. The van der Waals surface area contributed by atoms with E-state index in [1.54, 1.807) is 13.0 Å². The Morgan fingerprint density at radius 2 is 2.31 bits per heavy atom. The maximum absolute atomic E-state index is 10.7. The number of rotatable bonds is 3. The first-order chi connectivity index (χ1) is 7.56. The average Bonchev–Trinajstić information content (AvgIpc) is 2.26. The maximum atomic E-state index is 10.7. The van der Waals surface area contributed by atoms with Gasteiger partial charge in [-0.2, -0.15) is 5.10 Å². The zero-order valence-corrected chi connectivity index (χ0v) is 9.53. The molecule has 0 radical (unpaired) electrons. The smallest absolute Gasteiger partial charge is 0.272 e. The third-order valence-corrected chi connectivity index (χ3v) is 2.97. The summed E-state index contributed by atoms with van der Waals surface area (Å²) in [6.07, 6.45) is 0. The Bertz CT molecular complexity index is 434. The van der Waals surface area contributed by atoms with Crippen LogP contribution in [-0.2, 0) is 5.75 Å². The van der Waals surface area contributed by atoms with Gasteiger partial charge in [0.1, 0.15) is 0 Å². The molecule has 1 rings (SSSR count). The van der Waals surface area contributed by atoms with E-state index >= 15 is 0 Å². The van der Waals surface area contributed by atoms with E-state index < -0.39 is 4.92 Å². The zero-order valence-electron chi connectivity index (χ0n) is 8.71. The van der Waals surface area contributed by atoms with Crippen molar-refractivity contribution in [2.45, 2.75) is 12.7 Å². The van der Waals surface area contributed by atoms with Gasteiger partial charge in [-0.1, -0.05) is 23.9 Å². The van der Waals surface area contributed by atoms with Gasteiger partial charge in [-0.15, -0.1) is 0 Å². The van der Waals surface area contributed by atoms with Crippen molar-refractivity contribution in [3.63, 3.8) is 0 Å². The van der Waals surface area contributed by atoms with Gasteiger partial charge >= 0.3 is 0 Å². The summed E-state index contributed by atoms with van der Waals surface area (Å²) in [5.74, 6) is 5.50. The van der Waals surface area contributed by atoms with Crippen LogP contribution in [0.1, 0.15) is 11.1 Å². The maximum Gasteiger partial charge on any atom is 0.272 e. The molecule has 16 heavy (non-hydrogen) atoms. The number of nitrogens with two attached hydrogens (primary N) is 2. The van der Waals surface area contributed by atoms with Crippen molar-refractivity contribution in [1.82, 2.24) is 0 Å². The second-order valence-electron chi connectivity index (χ2n) is 3.07. The summed E-state index contributed by atoms with van der Waals surface area (Å²) in [6.45, 7) is 1.71. The Kier molecular flexibility index (Phi) is 4.12. The average molecular weight is 240 g/mol. The van der Waals surface area contributed by atoms with Crippen LogP contribution in [0.2, 0.25) is 0 Å². The molecule has 0 amide bonds. The number of thioether (sulfide) groups is 1. The van der Waals surface area contributed by atoms with Crippen molar-refractivity contribution in [3.8, 4) is 0 Å². The summed E-state index contributed by atoms with van der Waals surface area (Å²) in [5, 5.41) is 14.3.